The standard InChI is InChI=1S/C19H13N3O2S2/c23-17(22-19-21-14-7-1-2-8-15(14)26-19)12-5-3-6-13(11-12)20-18(24)16-9-4-10-25-16/h1-11H,(H,20,24)(H,21,22,23). The second kappa shape index (κ2) is 7.07. The molecule has 4 rings (SSSR count). The molecule has 2 N–H and O–H groups in total. The fourth-order valence-corrected chi connectivity index (χ4v) is 3.91. The Hall–Kier alpha value is -3.03. The minimum Gasteiger partial charge on any atom is -0.321 e. The molecule has 4 aromatic rings. The van der Waals surface area contributed by atoms with E-state index in [2.05, 4.69) is 15.6 Å². The Labute approximate surface area is 157 Å². The van der Waals surface area contributed by atoms with E-state index in [1.165, 1.54) is 22.7 Å². The number of aromatic nitrogens is 1. The summed E-state index contributed by atoms with van der Waals surface area (Å²) in [5.74, 6) is -0.458. The number of nitrogens with one attached hydrogen (secondary N) is 2. The predicted octanol–water partition coefficient (Wildman–Crippen LogP) is 4.86. The molecule has 2 heterocycles. The second-order valence-corrected chi connectivity index (χ2v) is 7.43. The van der Waals surface area contributed by atoms with Gasteiger partial charge in [-0.3, -0.25) is 14.9 Å². The Bertz CT molecular complexity index is 1050. The summed E-state index contributed by atoms with van der Waals surface area (Å²) in [7, 11) is 0. The fourth-order valence-electron chi connectivity index (χ4n) is 2.43. The Kier molecular flexibility index (Phi) is 4.47. The van der Waals surface area contributed by atoms with E-state index in [-0.39, 0.29) is 11.8 Å². The van der Waals surface area contributed by atoms with E-state index >= 15 is 0 Å². The van der Waals surface area contributed by atoms with Crippen molar-refractivity contribution in [1.82, 2.24) is 4.98 Å². The van der Waals surface area contributed by atoms with Crippen LogP contribution in [0, 0.1) is 0 Å². The van der Waals surface area contributed by atoms with E-state index in [1.807, 2.05) is 35.7 Å². The van der Waals surface area contributed by atoms with Gasteiger partial charge in [0.25, 0.3) is 11.8 Å². The maximum Gasteiger partial charge on any atom is 0.265 e. The number of thiazole rings is 1. The number of fused-ring (bicyclic) bond motifs is 1. The van der Waals surface area contributed by atoms with Gasteiger partial charge in [0.05, 0.1) is 15.1 Å². The summed E-state index contributed by atoms with van der Waals surface area (Å²) in [6.07, 6.45) is 0. The van der Waals surface area contributed by atoms with Gasteiger partial charge >= 0.3 is 0 Å². The lowest BCUT2D eigenvalue weighted by Crippen LogP contribution is -2.14. The van der Waals surface area contributed by atoms with Gasteiger partial charge in [-0.15, -0.1) is 11.3 Å². The maximum atomic E-state index is 12.5. The monoisotopic (exact) mass is 379 g/mol. The molecule has 0 saturated carbocycles. The molecule has 128 valence electrons. The first-order valence-corrected chi connectivity index (χ1v) is 9.50. The number of hydrogen-bond donors (Lipinski definition) is 2. The summed E-state index contributed by atoms with van der Waals surface area (Å²) in [6.45, 7) is 0. The summed E-state index contributed by atoms with van der Waals surface area (Å²) < 4.78 is 1.01. The van der Waals surface area contributed by atoms with Crippen molar-refractivity contribution in [1.29, 1.82) is 0 Å². The van der Waals surface area contributed by atoms with Crippen LogP contribution >= 0.6 is 22.7 Å². The average molecular weight is 379 g/mol. The molecule has 0 atom stereocenters. The molecular weight excluding hydrogens is 366 g/mol. The van der Waals surface area contributed by atoms with Crippen LogP contribution in [0.5, 0.6) is 0 Å². The van der Waals surface area contributed by atoms with E-state index in [0.717, 1.165) is 10.2 Å². The summed E-state index contributed by atoms with van der Waals surface area (Å²) in [5, 5.41) is 8.01. The zero-order chi connectivity index (χ0) is 17.9. The predicted molar refractivity (Wildman–Crippen MR) is 106 cm³/mol. The van der Waals surface area contributed by atoms with Crippen molar-refractivity contribution in [2.24, 2.45) is 0 Å². The largest absolute Gasteiger partial charge is 0.321 e. The number of thiophene rings is 1. The number of hydrogen-bond acceptors (Lipinski definition) is 5. The fraction of sp³-hybridized carbons (Fsp3) is 0. The molecule has 0 saturated heterocycles. The molecule has 2 aromatic heterocycles. The molecule has 0 spiro atoms. The maximum absolute atomic E-state index is 12.5. The summed E-state index contributed by atoms with van der Waals surface area (Å²) in [4.78, 5) is 29.7. The number of carbonyl (C=O) groups excluding carboxylic acids is 2. The number of anilines is 2. The van der Waals surface area contributed by atoms with Crippen molar-refractivity contribution in [3.05, 3.63) is 76.5 Å². The number of amides is 2. The highest BCUT2D eigenvalue weighted by Crippen LogP contribution is 2.26. The molecular formula is C19H13N3O2S2. The molecule has 0 unspecified atom stereocenters. The molecule has 0 aliphatic heterocycles. The Morgan fingerprint density at radius 3 is 2.58 bits per heavy atom. The first-order chi connectivity index (χ1) is 12.7. The van der Waals surface area contributed by atoms with Gasteiger partial charge in [-0.2, -0.15) is 0 Å². The van der Waals surface area contributed by atoms with Gasteiger partial charge in [0.2, 0.25) is 0 Å². The van der Waals surface area contributed by atoms with Crippen LogP contribution in [0.25, 0.3) is 10.2 Å². The van der Waals surface area contributed by atoms with Crippen molar-refractivity contribution < 1.29 is 9.59 Å². The summed E-state index contributed by atoms with van der Waals surface area (Å²) >= 11 is 2.79. The van der Waals surface area contributed by atoms with Crippen LogP contribution < -0.4 is 10.6 Å². The number of benzene rings is 2. The quantitative estimate of drug-likeness (QED) is 0.532. The van der Waals surface area contributed by atoms with Crippen LogP contribution in [0.3, 0.4) is 0 Å². The van der Waals surface area contributed by atoms with E-state index in [1.54, 1.807) is 30.3 Å². The molecule has 5 nitrogen and oxygen atoms in total. The van der Waals surface area contributed by atoms with Crippen molar-refractivity contribution in [3.63, 3.8) is 0 Å². The minimum absolute atomic E-state index is 0.191. The van der Waals surface area contributed by atoms with E-state index in [0.29, 0.717) is 21.3 Å². The molecule has 0 aliphatic carbocycles. The number of nitrogens with zero attached hydrogens (tertiary/aromatic N) is 1. The van der Waals surface area contributed by atoms with Gasteiger partial charge in [-0.25, -0.2) is 4.98 Å². The van der Waals surface area contributed by atoms with Gasteiger partial charge < -0.3 is 5.32 Å². The van der Waals surface area contributed by atoms with Crippen LogP contribution in [-0.4, -0.2) is 16.8 Å². The van der Waals surface area contributed by atoms with Crippen molar-refractivity contribution >= 4 is 55.5 Å². The van der Waals surface area contributed by atoms with Crippen LogP contribution in [-0.2, 0) is 0 Å². The zero-order valence-electron chi connectivity index (χ0n) is 13.4. The highest BCUT2D eigenvalue weighted by molar-refractivity contribution is 7.22. The molecule has 0 aliphatic rings. The van der Waals surface area contributed by atoms with Gasteiger partial charge in [-0.1, -0.05) is 35.6 Å². The van der Waals surface area contributed by atoms with Crippen LogP contribution in [0.2, 0.25) is 0 Å². The van der Waals surface area contributed by atoms with Gasteiger partial charge in [0, 0.05) is 11.3 Å². The third kappa shape index (κ3) is 3.49. The average Bonchev–Trinajstić information content (AvgIpc) is 3.31. The molecule has 0 radical (unpaired) electrons. The highest BCUT2D eigenvalue weighted by Gasteiger charge is 2.12. The van der Waals surface area contributed by atoms with Gasteiger partial charge in [-0.05, 0) is 41.8 Å². The number of para-hydroxylation sites is 1. The minimum atomic E-state index is -0.267. The molecule has 0 bridgehead atoms. The molecule has 2 amide bonds. The summed E-state index contributed by atoms with van der Waals surface area (Å²) in [5.41, 5.74) is 1.87. The smallest absolute Gasteiger partial charge is 0.265 e. The molecule has 26 heavy (non-hydrogen) atoms. The Morgan fingerprint density at radius 2 is 1.77 bits per heavy atom. The van der Waals surface area contributed by atoms with E-state index in [4.69, 9.17) is 0 Å². The topological polar surface area (TPSA) is 71.1 Å². The Balaban J connectivity index is 1.50. The normalized spacial score (nSPS) is 10.6. The first-order valence-electron chi connectivity index (χ1n) is 7.81. The number of rotatable bonds is 4. The summed E-state index contributed by atoms with van der Waals surface area (Å²) in [6, 6.07) is 18.1. The Morgan fingerprint density at radius 1 is 0.885 bits per heavy atom. The van der Waals surface area contributed by atoms with Crippen LogP contribution in [0.4, 0.5) is 10.8 Å². The lowest BCUT2D eigenvalue weighted by Gasteiger charge is -2.06. The van der Waals surface area contributed by atoms with Crippen molar-refractivity contribution in [3.8, 4) is 0 Å². The highest BCUT2D eigenvalue weighted by atomic mass is 32.1. The lowest BCUT2D eigenvalue weighted by atomic mass is 10.2. The molecule has 2 aromatic carbocycles. The second-order valence-electron chi connectivity index (χ2n) is 5.45. The van der Waals surface area contributed by atoms with Crippen LogP contribution in [0.1, 0.15) is 20.0 Å². The third-order valence-electron chi connectivity index (χ3n) is 3.64. The zero-order valence-corrected chi connectivity index (χ0v) is 15.1. The van der Waals surface area contributed by atoms with Crippen molar-refractivity contribution in [2.75, 3.05) is 10.6 Å². The third-order valence-corrected chi connectivity index (χ3v) is 5.46. The SMILES string of the molecule is O=C(Nc1nc2ccccc2s1)c1cccc(NC(=O)c2cccs2)c1. The molecule has 0 fully saturated rings. The lowest BCUT2D eigenvalue weighted by molar-refractivity contribution is 0.101. The van der Waals surface area contributed by atoms with E-state index < -0.39 is 0 Å². The van der Waals surface area contributed by atoms with Gasteiger partial charge in [0.1, 0.15) is 0 Å². The molecule has 7 heteroatoms. The van der Waals surface area contributed by atoms with Gasteiger partial charge in [0.15, 0.2) is 5.13 Å². The van der Waals surface area contributed by atoms with Crippen molar-refractivity contribution in [2.45, 2.75) is 0 Å². The number of carbonyl (C=O) groups is 2. The van der Waals surface area contributed by atoms with Crippen LogP contribution in [0.15, 0.2) is 66.0 Å². The first kappa shape index (κ1) is 16.4. The van der Waals surface area contributed by atoms with E-state index in [9.17, 15) is 9.59 Å².